The summed E-state index contributed by atoms with van der Waals surface area (Å²) < 4.78 is 6.82. The van der Waals surface area contributed by atoms with E-state index < -0.39 is 0 Å². The monoisotopic (exact) mass is 489 g/mol. The fraction of sp³-hybridized carbons (Fsp3) is 0.0870. The standard InChI is InChI=1S/C23H18BrCl2NO2/c24-19-7-1-17(2-8-19)15-29-20-9-3-16(4-10-20)6-12-23(28)27-14-18-5-11-21(25)22(26)13-18/h1-13H,14-15H2,(H,27,28). The molecule has 6 heteroatoms. The fourth-order valence-electron chi connectivity index (χ4n) is 2.49. The van der Waals surface area contributed by atoms with E-state index in [9.17, 15) is 4.79 Å². The smallest absolute Gasteiger partial charge is 0.244 e. The Morgan fingerprint density at radius 2 is 1.62 bits per heavy atom. The van der Waals surface area contributed by atoms with Crippen molar-refractivity contribution in [1.29, 1.82) is 0 Å². The van der Waals surface area contributed by atoms with Crippen LogP contribution in [0, 0.1) is 0 Å². The van der Waals surface area contributed by atoms with Crippen molar-refractivity contribution in [3.63, 3.8) is 0 Å². The summed E-state index contributed by atoms with van der Waals surface area (Å²) in [6.07, 6.45) is 3.25. The number of rotatable bonds is 7. The number of carbonyl (C=O) groups excluding carboxylic acids is 1. The van der Waals surface area contributed by atoms with Crippen LogP contribution in [-0.2, 0) is 17.9 Å². The Bertz CT molecular complexity index is 1000. The molecule has 0 aliphatic carbocycles. The van der Waals surface area contributed by atoms with Gasteiger partial charge in [0.2, 0.25) is 5.91 Å². The van der Waals surface area contributed by atoms with E-state index in [1.165, 1.54) is 6.08 Å². The van der Waals surface area contributed by atoms with Crippen molar-refractivity contribution in [2.75, 3.05) is 0 Å². The first-order chi connectivity index (χ1) is 14.0. The molecule has 1 N–H and O–H groups in total. The van der Waals surface area contributed by atoms with Crippen molar-refractivity contribution in [3.05, 3.63) is 104 Å². The number of carbonyl (C=O) groups is 1. The zero-order valence-corrected chi connectivity index (χ0v) is 18.5. The molecule has 29 heavy (non-hydrogen) atoms. The van der Waals surface area contributed by atoms with Gasteiger partial charge in [0.1, 0.15) is 12.4 Å². The van der Waals surface area contributed by atoms with Crippen molar-refractivity contribution < 1.29 is 9.53 Å². The number of benzene rings is 3. The predicted molar refractivity (Wildman–Crippen MR) is 122 cm³/mol. The largest absolute Gasteiger partial charge is 0.489 e. The van der Waals surface area contributed by atoms with Crippen LogP contribution in [0.25, 0.3) is 6.08 Å². The quantitative estimate of drug-likeness (QED) is 0.376. The molecule has 0 atom stereocenters. The van der Waals surface area contributed by atoms with Gasteiger partial charge in [0.05, 0.1) is 10.0 Å². The molecule has 3 aromatic carbocycles. The van der Waals surface area contributed by atoms with Crippen LogP contribution in [0.1, 0.15) is 16.7 Å². The van der Waals surface area contributed by atoms with E-state index in [-0.39, 0.29) is 5.91 Å². The van der Waals surface area contributed by atoms with Crippen LogP contribution in [0.15, 0.2) is 77.3 Å². The average molecular weight is 491 g/mol. The molecule has 0 saturated heterocycles. The third-order valence-electron chi connectivity index (χ3n) is 4.08. The van der Waals surface area contributed by atoms with Gasteiger partial charge < -0.3 is 10.1 Å². The highest BCUT2D eigenvalue weighted by atomic mass is 79.9. The fourth-order valence-corrected chi connectivity index (χ4v) is 3.08. The molecule has 3 nitrogen and oxygen atoms in total. The van der Waals surface area contributed by atoms with E-state index in [1.807, 2.05) is 54.6 Å². The second-order valence-electron chi connectivity index (χ2n) is 6.28. The van der Waals surface area contributed by atoms with E-state index in [1.54, 1.807) is 18.2 Å². The molecule has 0 heterocycles. The van der Waals surface area contributed by atoms with Gasteiger partial charge >= 0.3 is 0 Å². The molecule has 148 valence electrons. The maximum Gasteiger partial charge on any atom is 0.244 e. The first-order valence-corrected chi connectivity index (χ1v) is 10.4. The molecule has 0 aromatic heterocycles. The molecule has 3 rings (SSSR count). The first-order valence-electron chi connectivity index (χ1n) is 8.87. The van der Waals surface area contributed by atoms with Gasteiger partial charge in [-0.2, -0.15) is 0 Å². The third kappa shape index (κ3) is 6.93. The zero-order chi connectivity index (χ0) is 20.6. The molecule has 0 fully saturated rings. The number of halogens is 3. The van der Waals surface area contributed by atoms with Crippen molar-refractivity contribution in [2.24, 2.45) is 0 Å². The van der Waals surface area contributed by atoms with Gasteiger partial charge in [-0.1, -0.05) is 69.5 Å². The van der Waals surface area contributed by atoms with Gasteiger partial charge in [0.25, 0.3) is 0 Å². The van der Waals surface area contributed by atoms with Crippen molar-refractivity contribution >= 4 is 51.1 Å². The lowest BCUT2D eigenvalue weighted by Crippen LogP contribution is -2.20. The summed E-state index contributed by atoms with van der Waals surface area (Å²) in [5.41, 5.74) is 2.88. The zero-order valence-electron chi connectivity index (χ0n) is 15.4. The normalized spacial score (nSPS) is 10.9. The minimum atomic E-state index is -0.188. The average Bonchev–Trinajstić information content (AvgIpc) is 2.73. The van der Waals surface area contributed by atoms with Crippen LogP contribution in [-0.4, -0.2) is 5.91 Å². The van der Waals surface area contributed by atoms with Crippen LogP contribution >= 0.6 is 39.1 Å². The van der Waals surface area contributed by atoms with Gasteiger partial charge in [-0.05, 0) is 59.2 Å². The Kier molecular flexibility index (Phi) is 7.76. The Morgan fingerprint density at radius 3 is 2.31 bits per heavy atom. The summed E-state index contributed by atoms with van der Waals surface area (Å²) in [5.74, 6) is 0.584. The Hall–Kier alpha value is -2.27. The summed E-state index contributed by atoms with van der Waals surface area (Å²) in [6, 6.07) is 20.8. The maximum atomic E-state index is 12.0. The second kappa shape index (κ2) is 10.5. The van der Waals surface area contributed by atoms with Gasteiger partial charge in [0.15, 0.2) is 0 Å². The van der Waals surface area contributed by atoms with Crippen LogP contribution in [0.4, 0.5) is 0 Å². The SMILES string of the molecule is O=C(C=Cc1ccc(OCc2ccc(Br)cc2)cc1)NCc1ccc(Cl)c(Cl)c1. The predicted octanol–water partition coefficient (Wildman–Crippen LogP) is 6.66. The minimum absolute atomic E-state index is 0.188. The summed E-state index contributed by atoms with van der Waals surface area (Å²) in [6.45, 7) is 0.877. The number of amides is 1. The first kappa shape index (κ1) is 21.4. The van der Waals surface area contributed by atoms with E-state index in [2.05, 4.69) is 21.2 Å². The number of nitrogens with one attached hydrogen (secondary N) is 1. The lowest BCUT2D eigenvalue weighted by molar-refractivity contribution is -0.116. The summed E-state index contributed by atoms with van der Waals surface area (Å²) in [5, 5.41) is 3.77. The number of hydrogen-bond donors (Lipinski definition) is 1. The molecule has 0 aliphatic rings. The van der Waals surface area contributed by atoms with Crippen LogP contribution < -0.4 is 10.1 Å². The highest BCUT2D eigenvalue weighted by Gasteiger charge is 2.01. The Labute approximate surface area is 188 Å². The molecule has 0 spiro atoms. The lowest BCUT2D eigenvalue weighted by Gasteiger charge is -2.07. The molecule has 0 unspecified atom stereocenters. The Morgan fingerprint density at radius 1 is 0.931 bits per heavy atom. The van der Waals surface area contributed by atoms with E-state index >= 15 is 0 Å². The lowest BCUT2D eigenvalue weighted by atomic mass is 10.2. The summed E-state index contributed by atoms with van der Waals surface area (Å²) >= 11 is 15.3. The van der Waals surface area contributed by atoms with Gasteiger partial charge in [0, 0.05) is 17.1 Å². The van der Waals surface area contributed by atoms with Crippen LogP contribution in [0.5, 0.6) is 5.75 Å². The van der Waals surface area contributed by atoms with Gasteiger partial charge in [-0.3, -0.25) is 4.79 Å². The van der Waals surface area contributed by atoms with E-state index in [0.717, 1.165) is 26.9 Å². The topological polar surface area (TPSA) is 38.3 Å². The minimum Gasteiger partial charge on any atom is -0.489 e. The highest BCUT2D eigenvalue weighted by Crippen LogP contribution is 2.22. The second-order valence-corrected chi connectivity index (χ2v) is 8.01. The number of ether oxygens (including phenoxy) is 1. The van der Waals surface area contributed by atoms with Crippen molar-refractivity contribution in [2.45, 2.75) is 13.2 Å². The van der Waals surface area contributed by atoms with Crippen LogP contribution in [0.2, 0.25) is 10.0 Å². The van der Waals surface area contributed by atoms with E-state index in [4.69, 9.17) is 27.9 Å². The molecule has 3 aromatic rings. The summed E-state index contributed by atoms with van der Waals surface area (Å²) in [7, 11) is 0. The molecule has 0 saturated carbocycles. The third-order valence-corrected chi connectivity index (χ3v) is 5.34. The van der Waals surface area contributed by atoms with E-state index in [0.29, 0.717) is 23.2 Å². The molecule has 0 radical (unpaired) electrons. The molecule has 0 bridgehead atoms. The Balaban J connectivity index is 1.47. The van der Waals surface area contributed by atoms with Crippen molar-refractivity contribution in [1.82, 2.24) is 5.32 Å². The molecule has 0 aliphatic heterocycles. The van der Waals surface area contributed by atoms with Crippen molar-refractivity contribution in [3.8, 4) is 5.75 Å². The molecular weight excluding hydrogens is 473 g/mol. The molecule has 1 amide bonds. The maximum absolute atomic E-state index is 12.0. The van der Waals surface area contributed by atoms with Gasteiger partial charge in [-0.25, -0.2) is 0 Å². The number of hydrogen-bond acceptors (Lipinski definition) is 2. The summed E-state index contributed by atoms with van der Waals surface area (Å²) in [4.78, 5) is 12.0. The highest BCUT2D eigenvalue weighted by molar-refractivity contribution is 9.10. The molecular formula is C23H18BrCl2NO2. The van der Waals surface area contributed by atoms with Crippen LogP contribution in [0.3, 0.4) is 0 Å². The van der Waals surface area contributed by atoms with Gasteiger partial charge in [-0.15, -0.1) is 0 Å².